The fourth-order valence-corrected chi connectivity index (χ4v) is 2.90. The lowest BCUT2D eigenvalue weighted by molar-refractivity contribution is 0.0650. The molecule has 5 nitrogen and oxygen atoms in total. The molecule has 0 unspecified atom stereocenters. The molecule has 3 N–H and O–H groups in total. The minimum atomic E-state index is -1.24. The maximum Gasteiger partial charge on any atom is 0.336 e. The molecule has 0 spiro atoms. The van der Waals surface area contributed by atoms with Crippen molar-refractivity contribution in [2.45, 2.75) is 58.8 Å². The average molecular weight is 322 g/mol. The van der Waals surface area contributed by atoms with Gasteiger partial charge in [0.2, 0.25) is 0 Å². The first-order valence-electron chi connectivity index (χ1n) is 8.22. The van der Waals surface area contributed by atoms with Gasteiger partial charge in [-0.15, -0.1) is 0 Å². The molecule has 0 amide bonds. The lowest BCUT2D eigenvalue weighted by Crippen LogP contribution is -2.17. The van der Waals surface area contributed by atoms with Crippen molar-refractivity contribution in [3.8, 4) is 0 Å². The Balaban J connectivity index is 3.60. The van der Waals surface area contributed by atoms with Gasteiger partial charge >= 0.3 is 11.9 Å². The average Bonchev–Trinajstić information content (AvgIpc) is 2.50. The van der Waals surface area contributed by atoms with Crippen molar-refractivity contribution in [1.82, 2.24) is 0 Å². The number of aliphatic hydroxyl groups is 1. The van der Waals surface area contributed by atoms with Crippen LogP contribution in [0.5, 0.6) is 0 Å². The van der Waals surface area contributed by atoms with E-state index in [0.717, 1.165) is 43.2 Å². The van der Waals surface area contributed by atoms with E-state index >= 15 is 0 Å². The van der Waals surface area contributed by atoms with Gasteiger partial charge in [0.05, 0.1) is 11.1 Å². The molecule has 0 saturated carbocycles. The molecule has 0 aliphatic carbocycles. The number of rotatable bonds is 10. The zero-order chi connectivity index (χ0) is 17.4. The van der Waals surface area contributed by atoms with Gasteiger partial charge < -0.3 is 15.3 Å². The number of aliphatic hydroxyl groups excluding tert-OH is 1. The van der Waals surface area contributed by atoms with E-state index in [-0.39, 0.29) is 24.2 Å². The molecular formula is C18H26O5. The second-order valence-corrected chi connectivity index (χ2v) is 5.71. The van der Waals surface area contributed by atoms with Gasteiger partial charge in [-0.3, -0.25) is 0 Å². The maximum atomic E-state index is 11.6. The largest absolute Gasteiger partial charge is 0.478 e. The third kappa shape index (κ3) is 4.79. The van der Waals surface area contributed by atoms with Crippen LogP contribution in [-0.2, 0) is 19.3 Å². The third-order valence-electron chi connectivity index (χ3n) is 4.03. The van der Waals surface area contributed by atoms with E-state index in [1.807, 2.05) is 0 Å². The predicted molar refractivity (Wildman–Crippen MR) is 88.4 cm³/mol. The summed E-state index contributed by atoms with van der Waals surface area (Å²) in [7, 11) is 0. The van der Waals surface area contributed by atoms with Crippen LogP contribution in [0.15, 0.2) is 6.07 Å². The van der Waals surface area contributed by atoms with Crippen molar-refractivity contribution in [2.24, 2.45) is 0 Å². The van der Waals surface area contributed by atoms with E-state index in [9.17, 15) is 24.9 Å². The summed E-state index contributed by atoms with van der Waals surface area (Å²) in [5.74, 6) is -2.48. The predicted octanol–water partition coefficient (Wildman–Crippen LogP) is 3.30. The van der Waals surface area contributed by atoms with E-state index in [2.05, 4.69) is 13.8 Å². The van der Waals surface area contributed by atoms with Gasteiger partial charge in [-0.2, -0.15) is 0 Å². The van der Waals surface area contributed by atoms with Crippen LogP contribution in [0, 0.1) is 0 Å². The van der Waals surface area contributed by atoms with Crippen molar-refractivity contribution >= 4 is 11.9 Å². The molecule has 0 aliphatic rings. The molecule has 23 heavy (non-hydrogen) atoms. The summed E-state index contributed by atoms with van der Waals surface area (Å²) in [5.41, 5.74) is 1.97. The maximum absolute atomic E-state index is 11.6. The van der Waals surface area contributed by atoms with Crippen LogP contribution in [0.3, 0.4) is 0 Å². The minimum absolute atomic E-state index is 0.168. The summed E-state index contributed by atoms with van der Waals surface area (Å²) in [6.07, 6.45) is 5.38. The third-order valence-corrected chi connectivity index (χ3v) is 4.03. The first kappa shape index (κ1) is 19.2. The Hall–Kier alpha value is -1.88. The Bertz CT molecular complexity index is 563. The highest BCUT2D eigenvalue weighted by molar-refractivity contribution is 6.03. The Labute approximate surface area is 137 Å². The highest BCUT2D eigenvalue weighted by Gasteiger charge is 2.25. The molecule has 0 radical (unpaired) electrons. The van der Waals surface area contributed by atoms with Gasteiger partial charge in [-0.25, -0.2) is 9.59 Å². The number of unbranched alkanes of at least 4 members (excludes halogenated alkanes) is 2. The zero-order valence-electron chi connectivity index (χ0n) is 13.9. The number of hydrogen-bond donors (Lipinski definition) is 3. The number of carboxylic acid groups (broad SMARTS) is 2. The van der Waals surface area contributed by atoms with Crippen molar-refractivity contribution in [3.05, 3.63) is 33.9 Å². The molecule has 0 aliphatic heterocycles. The second-order valence-electron chi connectivity index (χ2n) is 5.71. The molecule has 128 valence electrons. The first-order chi connectivity index (χ1) is 11.0. The number of hydrogen-bond acceptors (Lipinski definition) is 3. The van der Waals surface area contributed by atoms with Crippen LogP contribution in [0.4, 0.5) is 0 Å². The van der Waals surface area contributed by atoms with Gasteiger partial charge in [0.25, 0.3) is 0 Å². The van der Waals surface area contributed by atoms with Crippen LogP contribution in [0.2, 0.25) is 0 Å². The van der Waals surface area contributed by atoms with E-state index in [0.29, 0.717) is 12.0 Å². The molecule has 0 bridgehead atoms. The number of aryl methyl sites for hydroxylation is 1. The molecular weight excluding hydrogens is 296 g/mol. The summed E-state index contributed by atoms with van der Waals surface area (Å²) in [6, 6.07) is 1.52. The zero-order valence-corrected chi connectivity index (χ0v) is 13.9. The highest BCUT2D eigenvalue weighted by Crippen LogP contribution is 2.28. The van der Waals surface area contributed by atoms with Gasteiger partial charge in [0.1, 0.15) is 0 Å². The van der Waals surface area contributed by atoms with Crippen molar-refractivity contribution in [1.29, 1.82) is 0 Å². The Morgan fingerprint density at radius 2 is 1.52 bits per heavy atom. The van der Waals surface area contributed by atoms with Crippen LogP contribution >= 0.6 is 0 Å². The summed E-state index contributed by atoms with van der Waals surface area (Å²) in [4.78, 5) is 23.1. The van der Waals surface area contributed by atoms with Crippen LogP contribution in [0.25, 0.3) is 0 Å². The van der Waals surface area contributed by atoms with Gasteiger partial charge in [0.15, 0.2) is 0 Å². The van der Waals surface area contributed by atoms with Gasteiger partial charge in [-0.1, -0.05) is 26.7 Å². The lowest BCUT2D eigenvalue weighted by Gasteiger charge is -2.19. The van der Waals surface area contributed by atoms with Crippen molar-refractivity contribution in [2.75, 3.05) is 6.61 Å². The quantitative estimate of drug-likeness (QED) is 0.614. The van der Waals surface area contributed by atoms with Gasteiger partial charge in [0, 0.05) is 6.61 Å². The fraction of sp³-hybridized carbons (Fsp3) is 0.556. The van der Waals surface area contributed by atoms with Crippen molar-refractivity contribution < 1.29 is 24.9 Å². The van der Waals surface area contributed by atoms with E-state index in [1.54, 1.807) is 0 Å². The Morgan fingerprint density at radius 3 is 2.00 bits per heavy atom. The first-order valence-corrected chi connectivity index (χ1v) is 8.22. The summed E-state index contributed by atoms with van der Waals surface area (Å²) in [5, 5.41) is 28.2. The van der Waals surface area contributed by atoms with Crippen LogP contribution in [-0.4, -0.2) is 33.9 Å². The van der Waals surface area contributed by atoms with E-state index in [1.165, 1.54) is 6.07 Å². The molecule has 0 heterocycles. The molecule has 1 rings (SSSR count). The number of aromatic carboxylic acids is 2. The number of carbonyl (C=O) groups is 2. The monoisotopic (exact) mass is 322 g/mol. The van der Waals surface area contributed by atoms with Crippen LogP contribution in [0.1, 0.15) is 76.9 Å². The fourth-order valence-electron chi connectivity index (χ4n) is 2.90. The molecule has 0 aromatic heterocycles. The normalized spacial score (nSPS) is 10.7. The minimum Gasteiger partial charge on any atom is -0.478 e. The highest BCUT2D eigenvalue weighted by atomic mass is 16.4. The van der Waals surface area contributed by atoms with E-state index in [4.69, 9.17) is 0 Å². The molecule has 0 fully saturated rings. The molecule has 0 saturated heterocycles. The van der Waals surface area contributed by atoms with Gasteiger partial charge in [-0.05, 0) is 54.9 Å². The molecule has 5 heteroatoms. The smallest absolute Gasteiger partial charge is 0.336 e. The van der Waals surface area contributed by atoms with Crippen molar-refractivity contribution in [3.63, 3.8) is 0 Å². The number of benzene rings is 1. The number of carboxylic acids is 2. The molecule has 1 aromatic carbocycles. The summed E-state index contributed by atoms with van der Waals surface area (Å²) < 4.78 is 0. The Morgan fingerprint density at radius 1 is 0.913 bits per heavy atom. The second kappa shape index (κ2) is 9.30. The Kier molecular flexibility index (Phi) is 7.75. The molecule has 1 aromatic rings. The van der Waals surface area contributed by atoms with E-state index < -0.39 is 11.9 Å². The summed E-state index contributed by atoms with van der Waals surface area (Å²) in [6.45, 7) is 3.92. The molecule has 0 atom stereocenters. The summed E-state index contributed by atoms with van der Waals surface area (Å²) >= 11 is 0. The topological polar surface area (TPSA) is 94.8 Å². The van der Waals surface area contributed by atoms with Crippen LogP contribution < -0.4 is 0 Å². The standard InChI is InChI=1S/C18H26O5/c1-3-5-7-12-11-15(17(20)21)16(18(22)23)14(9-10-19)13(12)8-6-4-2/h11,19H,3-10H2,1-2H3,(H,20,21)(H,22,23). The SMILES string of the molecule is CCCCc1cc(C(=O)O)c(C(=O)O)c(CCO)c1CCCC. The lowest BCUT2D eigenvalue weighted by atomic mass is 9.85.